The first-order valence-electron chi connectivity index (χ1n) is 10.9. The third-order valence-electron chi connectivity index (χ3n) is 5.74. The Morgan fingerprint density at radius 1 is 1.09 bits per heavy atom. The van der Waals surface area contributed by atoms with Crippen LogP contribution in [0.2, 0.25) is 5.02 Å². The van der Waals surface area contributed by atoms with Crippen molar-refractivity contribution in [3.8, 4) is 11.3 Å². The predicted molar refractivity (Wildman–Crippen MR) is 134 cm³/mol. The van der Waals surface area contributed by atoms with Gasteiger partial charge in [0.1, 0.15) is 5.82 Å². The zero-order valence-electron chi connectivity index (χ0n) is 17.9. The molecule has 2 aromatic heterocycles. The molecule has 5 rings (SSSR count). The van der Waals surface area contributed by atoms with Gasteiger partial charge in [-0.25, -0.2) is 4.98 Å². The van der Waals surface area contributed by atoms with Crippen molar-refractivity contribution in [3.05, 3.63) is 81.4 Å². The lowest BCUT2D eigenvalue weighted by Crippen LogP contribution is -2.22. The third kappa shape index (κ3) is 5.20. The zero-order chi connectivity index (χ0) is 22.8. The predicted octanol–water partition coefficient (Wildman–Crippen LogP) is 5.84. The fraction of sp³-hybridized carbons (Fsp3) is 0.240. The fourth-order valence-corrected chi connectivity index (χ4v) is 4.27. The quantitative estimate of drug-likeness (QED) is 0.304. The first-order valence-corrected chi connectivity index (χ1v) is 12.1. The van der Waals surface area contributed by atoms with E-state index in [-0.39, 0.29) is 5.91 Å². The molecule has 0 spiro atoms. The summed E-state index contributed by atoms with van der Waals surface area (Å²) in [4.78, 5) is 16.7. The number of hydrogen-bond acceptors (Lipinski definition) is 4. The van der Waals surface area contributed by atoms with Crippen molar-refractivity contribution < 1.29 is 4.79 Å². The molecule has 0 saturated heterocycles. The minimum Gasteiger partial charge on any atom is -0.366 e. The van der Waals surface area contributed by atoms with E-state index in [0.717, 1.165) is 32.7 Å². The topological polar surface area (TPSA) is 71.3 Å². The van der Waals surface area contributed by atoms with Gasteiger partial charge in [0.2, 0.25) is 5.91 Å². The van der Waals surface area contributed by atoms with Crippen molar-refractivity contribution in [2.75, 3.05) is 5.32 Å². The Bertz CT molecular complexity index is 1300. The van der Waals surface area contributed by atoms with E-state index in [9.17, 15) is 4.79 Å². The lowest BCUT2D eigenvalue weighted by molar-refractivity contribution is -0.121. The van der Waals surface area contributed by atoms with Gasteiger partial charge in [0.05, 0.1) is 16.4 Å². The molecule has 2 heterocycles. The monoisotopic (exact) mass is 523 g/mol. The van der Waals surface area contributed by atoms with Crippen molar-refractivity contribution in [2.24, 2.45) is 5.92 Å². The number of amides is 1. The summed E-state index contributed by atoms with van der Waals surface area (Å²) >= 11 is 9.95. The van der Waals surface area contributed by atoms with Crippen LogP contribution < -0.4 is 10.6 Å². The normalized spacial score (nSPS) is 13.3. The van der Waals surface area contributed by atoms with Crippen molar-refractivity contribution in [1.29, 1.82) is 0 Å². The Morgan fingerprint density at radius 3 is 2.55 bits per heavy atom. The van der Waals surface area contributed by atoms with Crippen molar-refractivity contribution in [3.63, 3.8) is 0 Å². The first kappa shape index (κ1) is 21.9. The molecule has 33 heavy (non-hydrogen) atoms. The lowest BCUT2D eigenvalue weighted by Gasteiger charge is -2.12. The average molecular weight is 525 g/mol. The fourth-order valence-electron chi connectivity index (χ4n) is 3.69. The van der Waals surface area contributed by atoms with Gasteiger partial charge in [0.25, 0.3) is 0 Å². The van der Waals surface area contributed by atoms with Crippen LogP contribution in [0, 0.1) is 5.92 Å². The van der Waals surface area contributed by atoms with Gasteiger partial charge in [0, 0.05) is 36.2 Å². The van der Waals surface area contributed by atoms with Crippen molar-refractivity contribution in [1.82, 2.24) is 19.9 Å². The number of hydrogen-bond donors (Lipinski definition) is 2. The molecule has 2 N–H and O–H groups in total. The molecule has 1 amide bonds. The zero-order valence-corrected chi connectivity index (χ0v) is 20.2. The van der Waals surface area contributed by atoms with Crippen LogP contribution in [0.4, 0.5) is 5.82 Å². The van der Waals surface area contributed by atoms with Gasteiger partial charge in [-0.2, -0.15) is 9.61 Å². The van der Waals surface area contributed by atoms with Gasteiger partial charge in [-0.3, -0.25) is 4.79 Å². The molecule has 2 aromatic carbocycles. The summed E-state index contributed by atoms with van der Waals surface area (Å²) in [5, 5.41) is 11.6. The number of nitrogens with one attached hydrogen (secondary N) is 2. The van der Waals surface area contributed by atoms with E-state index in [1.54, 1.807) is 10.7 Å². The van der Waals surface area contributed by atoms with E-state index in [1.807, 2.05) is 30.3 Å². The van der Waals surface area contributed by atoms with E-state index in [0.29, 0.717) is 36.1 Å². The van der Waals surface area contributed by atoms with E-state index in [4.69, 9.17) is 16.6 Å². The molecule has 0 aliphatic heterocycles. The van der Waals surface area contributed by atoms with E-state index >= 15 is 0 Å². The maximum Gasteiger partial charge on any atom is 0.220 e. The number of aromatic nitrogens is 3. The molecule has 1 aliphatic carbocycles. The maximum atomic E-state index is 11.9. The molecule has 168 valence electrons. The molecule has 0 bridgehead atoms. The molecule has 0 radical (unpaired) electrons. The highest BCUT2D eigenvalue weighted by atomic mass is 79.9. The molecule has 0 atom stereocenters. The summed E-state index contributed by atoms with van der Waals surface area (Å²) in [6.45, 7) is 1.18. The summed E-state index contributed by atoms with van der Waals surface area (Å²) in [5.74, 6) is 1.56. The van der Waals surface area contributed by atoms with Crippen LogP contribution in [0.15, 0.2) is 65.3 Å². The van der Waals surface area contributed by atoms with Crippen LogP contribution in [-0.4, -0.2) is 20.5 Å². The number of rotatable bonds is 8. The minimum atomic E-state index is 0.143. The second-order valence-corrected chi connectivity index (χ2v) is 9.59. The highest BCUT2D eigenvalue weighted by Crippen LogP contribution is 2.32. The summed E-state index contributed by atoms with van der Waals surface area (Å²) in [6, 6.07) is 17.9. The molecule has 0 unspecified atom stereocenters. The SMILES string of the molecule is O=C(CC1CC1)NCc1ccc(CNc2cc(-c3ccccc3Cl)nc3c(Br)cnn23)cc1. The number of fused-ring (bicyclic) bond motifs is 1. The van der Waals surface area contributed by atoms with Gasteiger partial charge < -0.3 is 10.6 Å². The molecule has 4 aromatic rings. The van der Waals surface area contributed by atoms with Gasteiger partial charge in [-0.05, 0) is 51.9 Å². The van der Waals surface area contributed by atoms with Crippen LogP contribution in [0.3, 0.4) is 0 Å². The summed E-state index contributed by atoms with van der Waals surface area (Å²) in [7, 11) is 0. The first-order chi connectivity index (χ1) is 16.1. The van der Waals surface area contributed by atoms with Gasteiger partial charge in [-0.15, -0.1) is 0 Å². The van der Waals surface area contributed by atoms with Gasteiger partial charge in [0.15, 0.2) is 5.65 Å². The minimum absolute atomic E-state index is 0.143. The number of carbonyl (C=O) groups excluding carboxylic acids is 1. The van der Waals surface area contributed by atoms with Crippen LogP contribution in [0.5, 0.6) is 0 Å². The molecule has 6 nitrogen and oxygen atoms in total. The number of nitrogens with zero attached hydrogens (tertiary/aromatic N) is 3. The molecule has 1 saturated carbocycles. The van der Waals surface area contributed by atoms with Gasteiger partial charge >= 0.3 is 0 Å². The van der Waals surface area contributed by atoms with E-state index in [1.165, 1.54) is 12.8 Å². The van der Waals surface area contributed by atoms with Crippen LogP contribution >= 0.6 is 27.5 Å². The summed E-state index contributed by atoms with van der Waals surface area (Å²) < 4.78 is 2.58. The molecule has 8 heteroatoms. The number of carbonyl (C=O) groups is 1. The second kappa shape index (κ2) is 9.53. The van der Waals surface area contributed by atoms with E-state index < -0.39 is 0 Å². The Balaban J connectivity index is 1.30. The molecule has 1 fully saturated rings. The average Bonchev–Trinajstić information content (AvgIpc) is 3.56. The number of anilines is 1. The lowest BCUT2D eigenvalue weighted by atomic mass is 10.1. The third-order valence-corrected chi connectivity index (χ3v) is 6.62. The number of halogens is 2. The van der Waals surface area contributed by atoms with Crippen molar-refractivity contribution in [2.45, 2.75) is 32.4 Å². The van der Waals surface area contributed by atoms with Crippen LogP contribution in [0.25, 0.3) is 16.9 Å². The van der Waals surface area contributed by atoms with Gasteiger partial charge in [-0.1, -0.05) is 54.1 Å². The maximum absolute atomic E-state index is 11.9. The Hall–Kier alpha value is -2.90. The number of benzene rings is 2. The van der Waals surface area contributed by atoms with Crippen LogP contribution in [-0.2, 0) is 17.9 Å². The standard InChI is InChI=1S/C25H23BrClN5O/c26-20-15-30-32-23(12-22(31-25(20)32)19-3-1-2-4-21(19)27)28-13-17-7-9-18(10-8-17)14-29-24(33)11-16-5-6-16/h1-4,7-10,12,15-16,28H,5-6,11,13-14H2,(H,29,33). The second-order valence-electron chi connectivity index (χ2n) is 8.33. The highest BCUT2D eigenvalue weighted by Gasteiger charge is 2.24. The summed E-state index contributed by atoms with van der Waals surface area (Å²) in [5.41, 5.74) is 4.57. The smallest absolute Gasteiger partial charge is 0.220 e. The Kier molecular flexibility index (Phi) is 6.33. The molecule has 1 aliphatic rings. The summed E-state index contributed by atoms with van der Waals surface area (Å²) in [6.07, 6.45) is 4.76. The highest BCUT2D eigenvalue weighted by molar-refractivity contribution is 9.10. The molecular weight excluding hydrogens is 502 g/mol. The van der Waals surface area contributed by atoms with E-state index in [2.05, 4.69) is 55.9 Å². The molecular formula is C25H23BrClN5O. The largest absolute Gasteiger partial charge is 0.366 e. The van der Waals surface area contributed by atoms with Crippen molar-refractivity contribution >= 4 is 44.9 Å². The Morgan fingerprint density at radius 2 is 1.82 bits per heavy atom. The Labute approximate surface area is 205 Å². The van der Waals surface area contributed by atoms with Crippen LogP contribution in [0.1, 0.15) is 30.4 Å².